The van der Waals surface area contributed by atoms with Gasteiger partial charge >= 0.3 is 0 Å². The highest BCUT2D eigenvalue weighted by Gasteiger charge is 2.00. The average molecular weight is 332 g/mol. The molecule has 5 heteroatoms. The third kappa shape index (κ3) is 6.29. The average Bonchev–Trinajstić information content (AvgIpc) is 2.64. The third-order valence-electron chi connectivity index (χ3n) is 3.41. The predicted octanol–water partition coefficient (Wildman–Crippen LogP) is 3.47. The molecule has 5 nitrogen and oxygen atoms in total. The fourth-order valence-corrected chi connectivity index (χ4v) is 2.13. The topological polar surface area (TPSA) is 46.2 Å². The van der Waals surface area contributed by atoms with Crippen LogP contribution in [0, 0.1) is 0 Å². The van der Waals surface area contributed by atoms with E-state index < -0.39 is 0 Å². The van der Waals surface area contributed by atoms with Gasteiger partial charge in [0.05, 0.1) is 26.9 Å². The monoisotopic (exact) mass is 332 g/mol. The number of ether oxygens (including phenoxy) is 3. The van der Waals surface area contributed by atoms with Gasteiger partial charge in [0.25, 0.3) is 0 Å². The molecule has 0 saturated heterocycles. The molecular formula is C19H24O5. The number of hydrogen-bond donors (Lipinski definition) is 0. The molecule has 0 fully saturated rings. The maximum atomic E-state index is 5.64. The predicted molar refractivity (Wildman–Crippen MR) is 91.9 cm³/mol. The molecule has 2 aromatic carbocycles. The van der Waals surface area contributed by atoms with Crippen LogP contribution in [-0.4, -0.2) is 40.6 Å². The summed E-state index contributed by atoms with van der Waals surface area (Å²) in [4.78, 5) is 9.52. The number of rotatable bonds is 11. The van der Waals surface area contributed by atoms with Crippen LogP contribution in [0.15, 0.2) is 48.5 Å². The zero-order chi connectivity index (χ0) is 17.0. The van der Waals surface area contributed by atoms with Gasteiger partial charge in [-0.25, -0.2) is 9.78 Å². The summed E-state index contributed by atoms with van der Waals surface area (Å²) in [6.07, 6.45) is 0. The van der Waals surface area contributed by atoms with Crippen LogP contribution < -0.4 is 4.74 Å². The highest BCUT2D eigenvalue weighted by molar-refractivity contribution is 5.64. The van der Waals surface area contributed by atoms with Crippen LogP contribution in [0.4, 0.5) is 0 Å². The van der Waals surface area contributed by atoms with Crippen molar-refractivity contribution in [3.8, 4) is 16.9 Å². The Morgan fingerprint density at radius 3 is 1.96 bits per heavy atom. The summed E-state index contributed by atoms with van der Waals surface area (Å²) in [5, 5.41) is 0. The van der Waals surface area contributed by atoms with E-state index in [0.717, 1.165) is 22.4 Å². The molecule has 0 N–H and O–H groups in total. The fraction of sp³-hybridized carbons (Fsp3) is 0.368. The van der Waals surface area contributed by atoms with Crippen molar-refractivity contribution < 1.29 is 24.0 Å². The van der Waals surface area contributed by atoms with E-state index in [1.54, 1.807) is 7.11 Å². The fourth-order valence-electron chi connectivity index (χ4n) is 2.13. The maximum Gasteiger partial charge on any atom is 0.119 e. The summed E-state index contributed by atoms with van der Waals surface area (Å²) in [6, 6.07) is 16.2. The lowest BCUT2D eigenvalue weighted by atomic mass is 10.0. The number of methoxy groups -OCH3 is 1. The van der Waals surface area contributed by atoms with Crippen LogP contribution in [0.3, 0.4) is 0 Å². The van der Waals surface area contributed by atoms with Crippen molar-refractivity contribution in [3.05, 3.63) is 54.1 Å². The first-order chi connectivity index (χ1) is 11.8. The van der Waals surface area contributed by atoms with Gasteiger partial charge in [-0.05, 0) is 28.8 Å². The Hall–Kier alpha value is -1.92. The molecule has 0 spiro atoms. The molecule has 0 bridgehead atoms. The van der Waals surface area contributed by atoms with Crippen molar-refractivity contribution >= 4 is 0 Å². The van der Waals surface area contributed by atoms with Crippen molar-refractivity contribution in [3.63, 3.8) is 0 Å². The first-order valence-corrected chi connectivity index (χ1v) is 7.88. The summed E-state index contributed by atoms with van der Waals surface area (Å²) >= 11 is 0. The second kappa shape index (κ2) is 10.8. The lowest BCUT2D eigenvalue weighted by Gasteiger charge is -2.08. The summed E-state index contributed by atoms with van der Waals surface area (Å²) in [5.41, 5.74) is 3.34. The second-order valence-electron chi connectivity index (χ2n) is 5.10. The molecule has 0 unspecified atom stereocenters. The van der Waals surface area contributed by atoms with E-state index in [2.05, 4.69) is 17.0 Å². The highest BCUT2D eigenvalue weighted by atomic mass is 17.2. The SMILES string of the molecule is COCCOCCOc1ccc(-c2ccc(COOC)cc2)cc1. The zero-order valence-electron chi connectivity index (χ0n) is 14.2. The van der Waals surface area contributed by atoms with E-state index in [1.807, 2.05) is 36.4 Å². The molecule has 24 heavy (non-hydrogen) atoms. The van der Waals surface area contributed by atoms with Crippen LogP contribution in [0.2, 0.25) is 0 Å². The van der Waals surface area contributed by atoms with E-state index in [9.17, 15) is 0 Å². The summed E-state index contributed by atoms with van der Waals surface area (Å²) < 4.78 is 15.9. The van der Waals surface area contributed by atoms with Crippen molar-refractivity contribution in [1.82, 2.24) is 0 Å². The lowest BCUT2D eigenvalue weighted by Crippen LogP contribution is -2.09. The van der Waals surface area contributed by atoms with E-state index >= 15 is 0 Å². The van der Waals surface area contributed by atoms with Gasteiger partial charge in [-0.15, -0.1) is 0 Å². The minimum atomic E-state index is 0.440. The van der Waals surface area contributed by atoms with Gasteiger partial charge in [0.1, 0.15) is 19.0 Å². The molecule has 0 aliphatic heterocycles. The number of benzene rings is 2. The molecule has 0 saturated carbocycles. The minimum absolute atomic E-state index is 0.440. The smallest absolute Gasteiger partial charge is 0.119 e. The Morgan fingerprint density at radius 1 is 0.708 bits per heavy atom. The van der Waals surface area contributed by atoms with Gasteiger partial charge in [0.2, 0.25) is 0 Å². The minimum Gasteiger partial charge on any atom is -0.491 e. The lowest BCUT2D eigenvalue weighted by molar-refractivity contribution is -0.282. The molecular weight excluding hydrogens is 308 g/mol. The standard InChI is InChI=1S/C19H24O5/c1-20-11-12-22-13-14-23-19-9-7-18(8-10-19)17-5-3-16(4-6-17)15-24-21-2/h3-10H,11-15H2,1-2H3. The highest BCUT2D eigenvalue weighted by Crippen LogP contribution is 2.23. The van der Waals surface area contributed by atoms with Gasteiger partial charge in [0.15, 0.2) is 0 Å². The molecule has 0 aromatic heterocycles. The van der Waals surface area contributed by atoms with E-state index in [1.165, 1.54) is 7.11 Å². The van der Waals surface area contributed by atoms with Crippen LogP contribution in [-0.2, 0) is 25.9 Å². The van der Waals surface area contributed by atoms with E-state index in [4.69, 9.17) is 19.1 Å². The van der Waals surface area contributed by atoms with Crippen LogP contribution in [0.25, 0.3) is 11.1 Å². The van der Waals surface area contributed by atoms with Crippen molar-refractivity contribution in [2.24, 2.45) is 0 Å². The Morgan fingerprint density at radius 2 is 1.33 bits per heavy atom. The summed E-state index contributed by atoms with van der Waals surface area (Å²) in [7, 11) is 3.16. The van der Waals surface area contributed by atoms with Gasteiger partial charge in [0, 0.05) is 7.11 Å². The molecule has 2 rings (SSSR count). The van der Waals surface area contributed by atoms with Gasteiger partial charge in [-0.3, -0.25) is 0 Å². The molecule has 0 aliphatic carbocycles. The normalized spacial score (nSPS) is 10.8. The zero-order valence-corrected chi connectivity index (χ0v) is 14.2. The Labute approximate surface area is 143 Å². The Kier molecular flexibility index (Phi) is 8.27. The largest absolute Gasteiger partial charge is 0.491 e. The van der Waals surface area contributed by atoms with E-state index in [0.29, 0.717) is 33.0 Å². The third-order valence-corrected chi connectivity index (χ3v) is 3.41. The molecule has 0 atom stereocenters. The van der Waals surface area contributed by atoms with Crippen molar-refractivity contribution in [1.29, 1.82) is 0 Å². The van der Waals surface area contributed by atoms with Crippen molar-refractivity contribution in [2.45, 2.75) is 6.61 Å². The Balaban J connectivity index is 1.80. The second-order valence-corrected chi connectivity index (χ2v) is 5.10. The summed E-state index contributed by atoms with van der Waals surface area (Å²) in [6.45, 7) is 2.71. The van der Waals surface area contributed by atoms with Crippen LogP contribution in [0.5, 0.6) is 5.75 Å². The van der Waals surface area contributed by atoms with Gasteiger partial charge < -0.3 is 14.2 Å². The van der Waals surface area contributed by atoms with E-state index in [-0.39, 0.29) is 0 Å². The molecule has 0 aliphatic rings. The quantitative estimate of drug-likeness (QED) is 0.358. The molecule has 0 radical (unpaired) electrons. The maximum absolute atomic E-state index is 5.64. The number of hydrogen-bond acceptors (Lipinski definition) is 5. The van der Waals surface area contributed by atoms with Gasteiger partial charge in [-0.1, -0.05) is 36.4 Å². The molecule has 0 heterocycles. The van der Waals surface area contributed by atoms with Crippen LogP contribution >= 0.6 is 0 Å². The summed E-state index contributed by atoms with van der Waals surface area (Å²) in [5.74, 6) is 0.833. The molecule has 130 valence electrons. The van der Waals surface area contributed by atoms with Gasteiger partial charge in [-0.2, -0.15) is 0 Å². The molecule has 0 amide bonds. The molecule has 2 aromatic rings. The van der Waals surface area contributed by atoms with Crippen LogP contribution in [0.1, 0.15) is 5.56 Å². The Bertz CT molecular complexity index is 565. The first kappa shape index (κ1) is 18.4. The first-order valence-electron chi connectivity index (χ1n) is 7.88. The van der Waals surface area contributed by atoms with Crippen molar-refractivity contribution in [2.75, 3.05) is 40.6 Å².